The van der Waals surface area contributed by atoms with Crippen molar-refractivity contribution in [3.63, 3.8) is 0 Å². The molecule has 1 nitrogen and oxygen atoms in total. The summed E-state index contributed by atoms with van der Waals surface area (Å²) in [5.41, 5.74) is 0.909. The van der Waals surface area contributed by atoms with Crippen LogP contribution in [0.2, 0.25) is 5.02 Å². The number of hydrogen-bond acceptors (Lipinski definition) is 2. The molecule has 0 aliphatic heterocycles. The Morgan fingerprint density at radius 2 is 2.10 bits per heavy atom. The minimum atomic E-state index is -0.315. The van der Waals surface area contributed by atoms with E-state index in [1.54, 1.807) is 6.07 Å². The molecule has 0 heterocycles. The van der Waals surface area contributed by atoms with E-state index in [2.05, 4.69) is 24.0 Å². The molecule has 2 rings (SSSR count). The highest BCUT2D eigenvalue weighted by molar-refractivity contribution is 7.99. The van der Waals surface area contributed by atoms with Crippen molar-refractivity contribution in [3.8, 4) is 0 Å². The number of halogens is 2. The molecule has 1 aromatic rings. The third-order valence-electron chi connectivity index (χ3n) is 4.08. The predicted octanol–water partition coefficient (Wildman–Crippen LogP) is 5.07. The highest BCUT2D eigenvalue weighted by Gasteiger charge is 2.18. The van der Waals surface area contributed by atoms with Crippen LogP contribution in [0.3, 0.4) is 0 Å². The smallest absolute Gasteiger partial charge is 0.142 e. The standard InChI is InChI=1S/C17H25ClFNS/c1-2-20-14(12-21-15-8-4-3-5-9-15)11-13-7-6-10-16(19)17(13)18/h6-7,10,14-15,20H,2-5,8-9,11-12H2,1H3. The normalized spacial score (nSPS) is 17.9. The predicted molar refractivity (Wildman–Crippen MR) is 91.9 cm³/mol. The van der Waals surface area contributed by atoms with Crippen molar-refractivity contribution in [2.24, 2.45) is 0 Å². The molecule has 0 radical (unpaired) electrons. The molecular weight excluding hydrogens is 305 g/mol. The molecule has 1 saturated carbocycles. The Morgan fingerprint density at radius 3 is 2.81 bits per heavy atom. The van der Waals surface area contributed by atoms with Gasteiger partial charge in [-0.2, -0.15) is 11.8 Å². The van der Waals surface area contributed by atoms with E-state index in [1.165, 1.54) is 38.2 Å². The first-order valence-corrected chi connectivity index (χ1v) is 9.41. The molecule has 1 aromatic carbocycles. The van der Waals surface area contributed by atoms with Gasteiger partial charge in [0.2, 0.25) is 0 Å². The summed E-state index contributed by atoms with van der Waals surface area (Å²) in [5, 5.41) is 4.60. The second-order valence-electron chi connectivity index (χ2n) is 5.77. The summed E-state index contributed by atoms with van der Waals surface area (Å²) >= 11 is 8.15. The lowest BCUT2D eigenvalue weighted by Gasteiger charge is -2.24. The lowest BCUT2D eigenvalue weighted by Crippen LogP contribution is -2.34. The molecule has 4 heteroatoms. The van der Waals surface area contributed by atoms with E-state index in [1.807, 2.05) is 6.07 Å². The van der Waals surface area contributed by atoms with Crippen LogP contribution in [0.15, 0.2) is 18.2 Å². The van der Waals surface area contributed by atoms with Crippen molar-refractivity contribution in [3.05, 3.63) is 34.6 Å². The molecule has 1 atom stereocenters. The fourth-order valence-electron chi connectivity index (χ4n) is 2.93. The number of thioether (sulfide) groups is 1. The van der Waals surface area contributed by atoms with Gasteiger partial charge in [0.15, 0.2) is 0 Å². The summed E-state index contributed by atoms with van der Waals surface area (Å²) in [7, 11) is 0. The van der Waals surface area contributed by atoms with Crippen LogP contribution in [0, 0.1) is 5.82 Å². The second kappa shape index (κ2) is 9.02. The van der Waals surface area contributed by atoms with Gasteiger partial charge in [0.25, 0.3) is 0 Å². The van der Waals surface area contributed by atoms with Crippen molar-refractivity contribution in [1.82, 2.24) is 5.32 Å². The van der Waals surface area contributed by atoms with Crippen LogP contribution < -0.4 is 5.32 Å². The Hall–Kier alpha value is -0.250. The Kier molecular flexibility index (Phi) is 7.35. The van der Waals surface area contributed by atoms with Crippen molar-refractivity contribution in [2.75, 3.05) is 12.3 Å². The van der Waals surface area contributed by atoms with Crippen LogP contribution in [-0.2, 0) is 6.42 Å². The summed E-state index contributed by atoms with van der Waals surface area (Å²) < 4.78 is 13.5. The largest absolute Gasteiger partial charge is 0.313 e. The molecular formula is C17H25ClFNS. The van der Waals surface area contributed by atoms with E-state index in [-0.39, 0.29) is 10.8 Å². The van der Waals surface area contributed by atoms with Crippen molar-refractivity contribution < 1.29 is 4.39 Å². The van der Waals surface area contributed by atoms with Crippen molar-refractivity contribution in [2.45, 2.75) is 56.7 Å². The molecule has 1 N–H and O–H groups in total. The van der Waals surface area contributed by atoms with Gasteiger partial charge in [-0.25, -0.2) is 4.39 Å². The topological polar surface area (TPSA) is 12.0 Å². The molecule has 0 spiro atoms. The van der Waals surface area contributed by atoms with E-state index < -0.39 is 0 Å². The van der Waals surface area contributed by atoms with Crippen LogP contribution in [0.4, 0.5) is 4.39 Å². The zero-order chi connectivity index (χ0) is 15.1. The van der Waals surface area contributed by atoms with Gasteiger partial charge in [0.05, 0.1) is 5.02 Å². The SMILES string of the molecule is CCNC(CSC1CCCCC1)Cc1cccc(F)c1Cl. The number of hydrogen-bond donors (Lipinski definition) is 1. The highest BCUT2D eigenvalue weighted by Crippen LogP contribution is 2.29. The van der Waals surface area contributed by atoms with Gasteiger partial charge in [-0.05, 0) is 37.4 Å². The van der Waals surface area contributed by atoms with E-state index in [4.69, 9.17) is 11.6 Å². The quantitative estimate of drug-likeness (QED) is 0.750. The molecule has 1 aliphatic rings. The molecule has 0 amide bonds. The maximum absolute atomic E-state index is 13.5. The molecule has 0 aromatic heterocycles. The fraction of sp³-hybridized carbons (Fsp3) is 0.647. The number of benzene rings is 1. The fourth-order valence-corrected chi connectivity index (χ4v) is 4.54. The van der Waals surface area contributed by atoms with E-state index in [0.717, 1.165) is 29.5 Å². The van der Waals surface area contributed by atoms with Gasteiger partial charge >= 0.3 is 0 Å². The van der Waals surface area contributed by atoms with Crippen LogP contribution in [0.1, 0.15) is 44.6 Å². The summed E-state index contributed by atoms with van der Waals surface area (Å²) in [4.78, 5) is 0. The van der Waals surface area contributed by atoms with Crippen LogP contribution in [0.25, 0.3) is 0 Å². The number of nitrogens with one attached hydrogen (secondary N) is 1. The first-order chi connectivity index (χ1) is 10.2. The maximum Gasteiger partial charge on any atom is 0.142 e. The van der Waals surface area contributed by atoms with Gasteiger partial charge in [-0.3, -0.25) is 0 Å². The van der Waals surface area contributed by atoms with Gasteiger partial charge < -0.3 is 5.32 Å². The Morgan fingerprint density at radius 1 is 1.33 bits per heavy atom. The molecule has 0 bridgehead atoms. The monoisotopic (exact) mass is 329 g/mol. The summed E-state index contributed by atoms with van der Waals surface area (Å²) in [6.45, 7) is 3.05. The lowest BCUT2D eigenvalue weighted by molar-refractivity contribution is 0.513. The maximum atomic E-state index is 13.5. The zero-order valence-corrected chi connectivity index (χ0v) is 14.3. The Balaban J connectivity index is 1.90. The van der Waals surface area contributed by atoms with Crippen LogP contribution >= 0.6 is 23.4 Å². The van der Waals surface area contributed by atoms with Gasteiger partial charge in [-0.1, -0.05) is 49.9 Å². The van der Waals surface area contributed by atoms with Crippen LogP contribution in [0.5, 0.6) is 0 Å². The Labute approximate surface area is 137 Å². The molecule has 0 saturated heterocycles. The average Bonchev–Trinajstić information content (AvgIpc) is 2.50. The summed E-state index contributed by atoms with van der Waals surface area (Å²) in [6.07, 6.45) is 7.64. The first-order valence-electron chi connectivity index (χ1n) is 7.98. The highest BCUT2D eigenvalue weighted by atomic mass is 35.5. The van der Waals surface area contributed by atoms with E-state index >= 15 is 0 Å². The van der Waals surface area contributed by atoms with Gasteiger partial charge in [0.1, 0.15) is 5.82 Å². The second-order valence-corrected chi connectivity index (χ2v) is 7.48. The summed E-state index contributed by atoms with van der Waals surface area (Å²) in [6, 6.07) is 5.46. The van der Waals surface area contributed by atoms with Gasteiger partial charge in [-0.15, -0.1) is 0 Å². The van der Waals surface area contributed by atoms with Crippen LogP contribution in [-0.4, -0.2) is 23.6 Å². The number of rotatable bonds is 7. The first kappa shape index (κ1) is 17.1. The van der Waals surface area contributed by atoms with Crippen molar-refractivity contribution in [1.29, 1.82) is 0 Å². The molecule has 1 aliphatic carbocycles. The molecule has 118 valence electrons. The molecule has 1 fully saturated rings. The molecule has 1 unspecified atom stereocenters. The zero-order valence-electron chi connectivity index (χ0n) is 12.7. The number of likely N-dealkylation sites (N-methyl/N-ethyl adjacent to an activating group) is 1. The average molecular weight is 330 g/mol. The Bertz CT molecular complexity index is 435. The lowest BCUT2D eigenvalue weighted by atomic mass is 10.0. The third kappa shape index (κ3) is 5.46. The summed E-state index contributed by atoms with van der Waals surface area (Å²) in [5.74, 6) is 0.759. The van der Waals surface area contributed by atoms with Gasteiger partial charge in [0, 0.05) is 17.0 Å². The van der Waals surface area contributed by atoms with Crippen molar-refractivity contribution >= 4 is 23.4 Å². The van der Waals surface area contributed by atoms with E-state index in [0.29, 0.717) is 6.04 Å². The van der Waals surface area contributed by atoms with E-state index in [9.17, 15) is 4.39 Å². The molecule has 21 heavy (non-hydrogen) atoms. The third-order valence-corrected chi connectivity index (χ3v) is 6.04. The minimum Gasteiger partial charge on any atom is -0.313 e. The minimum absolute atomic E-state index is 0.281.